The van der Waals surface area contributed by atoms with E-state index in [9.17, 15) is 13.2 Å². The summed E-state index contributed by atoms with van der Waals surface area (Å²) in [5, 5.41) is 2.75. The van der Waals surface area contributed by atoms with Crippen LogP contribution in [0.1, 0.15) is 36.3 Å². The van der Waals surface area contributed by atoms with Crippen molar-refractivity contribution in [3.8, 4) is 0 Å². The van der Waals surface area contributed by atoms with E-state index >= 15 is 0 Å². The number of hydrogen-bond acceptors (Lipinski definition) is 4. The van der Waals surface area contributed by atoms with Crippen LogP contribution < -0.4 is 10.0 Å². The summed E-state index contributed by atoms with van der Waals surface area (Å²) in [7, 11) is -3.56. The van der Waals surface area contributed by atoms with Crippen LogP contribution in [0.4, 0.5) is 0 Å². The molecule has 0 aliphatic carbocycles. The third-order valence-electron chi connectivity index (χ3n) is 3.55. The molecule has 2 N–H and O–H groups in total. The molecule has 1 atom stereocenters. The van der Waals surface area contributed by atoms with Crippen molar-refractivity contribution in [1.82, 2.24) is 15.0 Å². The van der Waals surface area contributed by atoms with Gasteiger partial charge in [0, 0.05) is 17.8 Å². The van der Waals surface area contributed by atoms with Crippen LogP contribution >= 0.6 is 0 Å². The van der Waals surface area contributed by atoms with Crippen molar-refractivity contribution in [1.29, 1.82) is 0 Å². The van der Waals surface area contributed by atoms with Crippen molar-refractivity contribution >= 4 is 15.9 Å². The Morgan fingerprint density at radius 3 is 2.46 bits per heavy atom. The molecule has 2 aromatic rings. The number of sulfonamides is 1. The predicted octanol–water partition coefficient (Wildman–Crippen LogP) is 2.09. The molecular weight excluding hydrogens is 326 g/mol. The standard InChI is InChI=1S/C17H21N3O3S/c1-3-13(2)20-24(22,23)16-9-7-14(8-10-16)17(21)19-12-15-6-4-5-11-18-15/h4-11,13,20H,3,12H2,1-2H3,(H,19,21). The van der Waals surface area contributed by atoms with Crippen LogP contribution in [0.5, 0.6) is 0 Å². The summed E-state index contributed by atoms with van der Waals surface area (Å²) in [5.74, 6) is -0.278. The molecule has 1 heterocycles. The lowest BCUT2D eigenvalue weighted by molar-refractivity contribution is 0.0950. The van der Waals surface area contributed by atoms with Crippen molar-refractivity contribution < 1.29 is 13.2 Å². The zero-order chi connectivity index (χ0) is 17.6. The first-order valence-corrected chi connectivity index (χ1v) is 9.21. The average Bonchev–Trinajstić information content (AvgIpc) is 2.60. The summed E-state index contributed by atoms with van der Waals surface area (Å²) in [4.78, 5) is 16.4. The first-order chi connectivity index (χ1) is 11.4. The minimum Gasteiger partial charge on any atom is -0.346 e. The molecule has 1 aromatic carbocycles. The third kappa shape index (κ3) is 4.87. The second-order valence-electron chi connectivity index (χ2n) is 5.46. The number of nitrogens with zero attached hydrogens (tertiary/aromatic N) is 1. The van der Waals surface area contributed by atoms with Gasteiger partial charge in [-0.15, -0.1) is 0 Å². The molecule has 1 amide bonds. The smallest absolute Gasteiger partial charge is 0.251 e. The van der Waals surface area contributed by atoms with Crippen LogP contribution in [0, 0.1) is 0 Å². The first-order valence-electron chi connectivity index (χ1n) is 7.73. The summed E-state index contributed by atoms with van der Waals surface area (Å²) in [5.41, 5.74) is 1.15. The van der Waals surface area contributed by atoms with E-state index in [-0.39, 0.29) is 16.8 Å². The first kappa shape index (κ1) is 18.1. The molecule has 0 saturated carbocycles. The molecule has 0 aliphatic rings. The van der Waals surface area contributed by atoms with E-state index in [4.69, 9.17) is 0 Å². The number of benzene rings is 1. The molecule has 2 rings (SSSR count). The molecule has 0 aliphatic heterocycles. The monoisotopic (exact) mass is 347 g/mol. The molecule has 0 radical (unpaired) electrons. The number of amides is 1. The Morgan fingerprint density at radius 2 is 1.88 bits per heavy atom. The molecule has 128 valence electrons. The van der Waals surface area contributed by atoms with E-state index in [2.05, 4.69) is 15.0 Å². The fourth-order valence-electron chi connectivity index (χ4n) is 1.98. The minimum absolute atomic E-state index is 0.142. The lowest BCUT2D eigenvalue weighted by Gasteiger charge is -2.12. The minimum atomic E-state index is -3.56. The second-order valence-corrected chi connectivity index (χ2v) is 7.17. The Kier molecular flexibility index (Phi) is 6.05. The Hall–Kier alpha value is -2.25. The summed E-state index contributed by atoms with van der Waals surface area (Å²) >= 11 is 0. The van der Waals surface area contributed by atoms with Crippen molar-refractivity contribution in [2.75, 3.05) is 0 Å². The van der Waals surface area contributed by atoms with Crippen LogP contribution in [-0.4, -0.2) is 25.4 Å². The van der Waals surface area contributed by atoms with Gasteiger partial charge in [0.1, 0.15) is 0 Å². The van der Waals surface area contributed by atoms with Gasteiger partial charge in [-0.2, -0.15) is 0 Å². The maximum Gasteiger partial charge on any atom is 0.251 e. The number of pyridine rings is 1. The van der Waals surface area contributed by atoms with E-state index in [1.807, 2.05) is 19.1 Å². The molecule has 7 heteroatoms. The SMILES string of the molecule is CCC(C)NS(=O)(=O)c1ccc(C(=O)NCc2ccccn2)cc1. The molecule has 24 heavy (non-hydrogen) atoms. The van der Waals surface area contributed by atoms with Gasteiger partial charge in [-0.3, -0.25) is 9.78 Å². The molecule has 0 spiro atoms. The fraction of sp³-hybridized carbons (Fsp3) is 0.294. The number of rotatable bonds is 7. The van der Waals surface area contributed by atoms with E-state index < -0.39 is 10.0 Å². The van der Waals surface area contributed by atoms with Crippen LogP contribution in [0.25, 0.3) is 0 Å². The lowest BCUT2D eigenvalue weighted by Crippen LogP contribution is -2.32. The van der Waals surface area contributed by atoms with Gasteiger partial charge in [-0.05, 0) is 49.7 Å². The topological polar surface area (TPSA) is 88.2 Å². The van der Waals surface area contributed by atoms with E-state index in [1.54, 1.807) is 19.2 Å². The number of carbonyl (C=O) groups is 1. The Morgan fingerprint density at radius 1 is 1.17 bits per heavy atom. The van der Waals surface area contributed by atoms with Crippen molar-refractivity contribution in [2.45, 2.75) is 37.8 Å². The Bertz CT molecular complexity index is 774. The molecule has 1 unspecified atom stereocenters. The molecule has 0 fully saturated rings. The van der Waals surface area contributed by atoms with Gasteiger partial charge in [0.05, 0.1) is 17.1 Å². The van der Waals surface area contributed by atoms with Gasteiger partial charge >= 0.3 is 0 Å². The molecule has 1 aromatic heterocycles. The van der Waals surface area contributed by atoms with Gasteiger partial charge in [-0.1, -0.05) is 13.0 Å². The maximum absolute atomic E-state index is 12.2. The van der Waals surface area contributed by atoms with Crippen LogP contribution in [-0.2, 0) is 16.6 Å². The highest BCUT2D eigenvalue weighted by Crippen LogP contribution is 2.12. The number of nitrogens with one attached hydrogen (secondary N) is 2. The summed E-state index contributed by atoms with van der Waals surface area (Å²) in [6.07, 6.45) is 2.36. The quantitative estimate of drug-likeness (QED) is 0.803. The molecule has 6 nitrogen and oxygen atoms in total. The molecular formula is C17H21N3O3S. The normalized spacial score (nSPS) is 12.6. The van der Waals surface area contributed by atoms with Gasteiger partial charge in [0.2, 0.25) is 10.0 Å². The van der Waals surface area contributed by atoms with Crippen LogP contribution in [0.3, 0.4) is 0 Å². The van der Waals surface area contributed by atoms with Crippen molar-refractivity contribution in [2.24, 2.45) is 0 Å². The number of hydrogen-bond donors (Lipinski definition) is 2. The average molecular weight is 347 g/mol. The van der Waals surface area contributed by atoms with Crippen molar-refractivity contribution in [3.63, 3.8) is 0 Å². The summed E-state index contributed by atoms with van der Waals surface area (Å²) in [6, 6.07) is 11.2. The molecule has 0 saturated heterocycles. The van der Waals surface area contributed by atoms with E-state index in [0.29, 0.717) is 18.5 Å². The zero-order valence-corrected chi connectivity index (χ0v) is 14.5. The van der Waals surface area contributed by atoms with Gasteiger partial charge < -0.3 is 5.32 Å². The number of carbonyl (C=O) groups excluding carboxylic acids is 1. The zero-order valence-electron chi connectivity index (χ0n) is 13.7. The Balaban J connectivity index is 2.02. The van der Waals surface area contributed by atoms with Gasteiger partial charge in [0.15, 0.2) is 0 Å². The molecule has 0 bridgehead atoms. The van der Waals surface area contributed by atoms with Gasteiger partial charge in [0.25, 0.3) is 5.91 Å². The highest BCUT2D eigenvalue weighted by molar-refractivity contribution is 7.89. The van der Waals surface area contributed by atoms with Crippen LogP contribution in [0.2, 0.25) is 0 Å². The fourth-order valence-corrected chi connectivity index (χ4v) is 3.30. The number of aromatic nitrogens is 1. The predicted molar refractivity (Wildman–Crippen MR) is 91.9 cm³/mol. The summed E-state index contributed by atoms with van der Waals surface area (Å²) in [6.45, 7) is 4.02. The lowest BCUT2D eigenvalue weighted by atomic mass is 10.2. The van der Waals surface area contributed by atoms with Crippen molar-refractivity contribution in [3.05, 3.63) is 59.9 Å². The summed E-state index contributed by atoms with van der Waals surface area (Å²) < 4.78 is 26.9. The highest BCUT2D eigenvalue weighted by Gasteiger charge is 2.17. The van der Waals surface area contributed by atoms with E-state index in [1.165, 1.54) is 24.3 Å². The van der Waals surface area contributed by atoms with Crippen LogP contribution in [0.15, 0.2) is 53.6 Å². The largest absolute Gasteiger partial charge is 0.346 e. The third-order valence-corrected chi connectivity index (χ3v) is 5.16. The maximum atomic E-state index is 12.2. The Labute approximate surface area is 142 Å². The van der Waals surface area contributed by atoms with E-state index in [0.717, 1.165) is 5.69 Å². The van der Waals surface area contributed by atoms with Gasteiger partial charge in [-0.25, -0.2) is 13.1 Å². The highest BCUT2D eigenvalue weighted by atomic mass is 32.2. The second kappa shape index (κ2) is 8.03.